The van der Waals surface area contributed by atoms with Crippen LogP contribution >= 0.6 is 22.7 Å². The fourth-order valence-electron chi connectivity index (χ4n) is 3.44. The van der Waals surface area contributed by atoms with Crippen LogP contribution in [-0.2, 0) is 38.3 Å². The Hall–Kier alpha value is -4.06. The minimum absolute atomic E-state index is 0.0490. The SMILES string of the molecule is O=C(NCc1cc(C(F)(F)F)ccn1)c1nnc(CCCCc2nnc(C(=O)NCc3cc(C(F)(F)F)ccn3)s2)s1. The van der Waals surface area contributed by atoms with Crippen molar-refractivity contribution in [2.75, 3.05) is 0 Å². The average Bonchev–Trinajstić information content (AvgIpc) is 3.62. The molecule has 0 saturated carbocycles. The molecular weight excluding hydrogens is 610 g/mol. The monoisotopic (exact) mass is 630 g/mol. The molecule has 2 amide bonds. The Bertz CT molecular complexity index is 1430. The van der Waals surface area contributed by atoms with E-state index >= 15 is 0 Å². The van der Waals surface area contributed by atoms with Crippen LogP contribution < -0.4 is 10.6 Å². The number of nitrogens with one attached hydrogen (secondary N) is 2. The van der Waals surface area contributed by atoms with Gasteiger partial charge in [0.15, 0.2) is 0 Å². The number of pyridine rings is 2. The molecule has 0 atom stereocenters. The van der Waals surface area contributed by atoms with E-state index in [2.05, 4.69) is 41.0 Å². The van der Waals surface area contributed by atoms with Gasteiger partial charge < -0.3 is 10.6 Å². The average molecular weight is 631 g/mol. The zero-order valence-electron chi connectivity index (χ0n) is 21.3. The quantitative estimate of drug-likeness (QED) is 0.181. The third kappa shape index (κ3) is 8.72. The second kappa shape index (κ2) is 13.3. The summed E-state index contributed by atoms with van der Waals surface area (Å²) in [5.41, 5.74) is -1.62. The molecule has 0 aromatic carbocycles. The molecule has 42 heavy (non-hydrogen) atoms. The number of halogens is 6. The standard InChI is InChI=1S/C24H20F6N8O2S2/c25-23(26,27)13-5-7-31-15(9-13)11-33-19(39)21-37-35-17(41-21)3-1-2-4-18-36-38-22(42-18)20(40)34-12-16-10-14(6-8-32-16)24(28,29)30/h5-10H,1-4,11-12H2,(H,33,39)(H,34,40). The number of alkyl halides is 6. The molecule has 4 heterocycles. The predicted molar refractivity (Wildman–Crippen MR) is 137 cm³/mol. The highest BCUT2D eigenvalue weighted by atomic mass is 32.1. The molecule has 10 nitrogen and oxygen atoms in total. The van der Waals surface area contributed by atoms with Gasteiger partial charge in [0.2, 0.25) is 10.0 Å². The summed E-state index contributed by atoms with van der Waals surface area (Å²) >= 11 is 2.13. The fourth-order valence-corrected chi connectivity index (χ4v) is 5.04. The van der Waals surface area contributed by atoms with Crippen molar-refractivity contribution in [3.8, 4) is 0 Å². The van der Waals surface area contributed by atoms with Gasteiger partial charge in [0.05, 0.1) is 35.6 Å². The van der Waals surface area contributed by atoms with Crippen LogP contribution in [0.2, 0.25) is 0 Å². The first kappa shape index (κ1) is 30.9. The summed E-state index contributed by atoms with van der Waals surface area (Å²) < 4.78 is 77.0. The fraction of sp³-hybridized carbons (Fsp3) is 0.333. The van der Waals surface area contributed by atoms with Gasteiger partial charge in [0.25, 0.3) is 11.8 Å². The Morgan fingerprint density at radius 3 is 1.45 bits per heavy atom. The molecule has 0 bridgehead atoms. The highest BCUT2D eigenvalue weighted by Crippen LogP contribution is 2.30. The number of carbonyl (C=O) groups is 2. The molecule has 0 radical (unpaired) electrons. The first-order chi connectivity index (χ1) is 19.9. The smallest absolute Gasteiger partial charge is 0.344 e. The van der Waals surface area contributed by atoms with Crippen molar-refractivity contribution in [1.29, 1.82) is 0 Å². The maximum Gasteiger partial charge on any atom is 0.416 e. The molecule has 4 aromatic heterocycles. The van der Waals surface area contributed by atoms with E-state index in [1.165, 1.54) is 0 Å². The number of nitrogens with zero attached hydrogens (tertiary/aromatic N) is 6. The first-order valence-corrected chi connectivity index (χ1v) is 13.8. The summed E-state index contributed by atoms with van der Waals surface area (Å²) in [7, 11) is 0. The largest absolute Gasteiger partial charge is 0.416 e. The second-order valence-corrected chi connectivity index (χ2v) is 10.8. The molecule has 222 valence electrons. The molecule has 4 aromatic rings. The van der Waals surface area contributed by atoms with Gasteiger partial charge in [-0.25, -0.2) is 0 Å². The zero-order chi connectivity index (χ0) is 30.3. The van der Waals surface area contributed by atoms with Crippen LogP contribution in [0.1, 0.15) is 65.0 Å². The van der Waals surface area contributed by atoms with E-state index in [1.54, 1.807) is 0 Å². The number of hydrogen-bond donors (Lipinski definition) is 2. The summed E-state index contributed by atoms with van der Waals surface area (Å²) in [6.07, 6.45) is -4.65. The van der Waals surface area contributed by atoms with E-state index in [0.29, 0.717) is 35.7 Å². The van der Waals surface area contributed by atoms with Crippen molar-refractivity contribution >= 4 is 34.5 Å². The molecule has 2 N–H and O–H groups in total. The molecule has 18 heteroatoms. The number of rotatable bonds is 11. The highest BCUT2D eigenvalue weighted by molar-refractivity contribution is 7.13. The molecule has 4 rings (SSSR count). The maximum absolute atomic E-state index is 12.8. The van der Waals surface area contributed by atoms with Gasteiger partial charge in [-0.2, -0.15) is 26.3 Å². The van der Waals surface area contributed by atoms with E-state index in [4.69, 9.17) is 0 Å². The van der Waals surface area contributed by atoms with Crippen LogP contribution in [0, 0.1) is 0 Å². The van der Waals surface area contributed by atoms with Crippen LogP contribution in [0.4, 0.5) is 26.3 Å². The van der Waals surface area contributed by atoms with Crippen molar-refractivity contribution in [3.63, 3.8) is 0 Å². The topological polar surface area (TPSA) is 136 Å². The number of aryl methyl sites for hydroxylation is 2. The molecule has 0 unspecified atom stereocenters. The van der Waals surface area contributed by atoms with Crippen molar-refractivity contribution in [1.82, 2.24) is 41.0 Å². The molecule has 0 aliphatic carbocycles. The van der Waals surface area contributed by atoms with Crippen molar-refractivity contribution < 1.29 is 35.9 Å². The summed E-state index contributed by atoms with van der Waals surface area (Å²) in [6.45, 7) is -0.413. The van der Waals surface area contributed by atoms with Crippen LogP contribution in [0.15, 0.2) is 36.7 Å². The zero-order valence-corrected chi connectivity index (χ0v) is 22.9. The van der Waals surface area contributed by atoms with E-state index in [9.17, 15) is 35.9 Å². The minimum Gasteiger partial charge on any atom is -0.344 e. The highest BCUT2D eigenvalue weighted by Gasteiger charge is 2.31. The number of amides is 2. The Kier molecular flexibility index (Phi) is 9.77. The van der Waals surface area contributed by atoms with Crippen LogP contribution in [0.5, 0.6) is 0 Å². The summed E-state index contributed by atoms with van der Waals surface area (Å²) in [4.78, 5) is 32.3. The Morgan fingerprint density at radius 1 is 0.667 bits per heavy atom. The van der Waals surface area contributed by atoms with Crippen LogP contribution in [0.3, 0.4) is 0 Å². The summed E-state index contributed by atoms with van der Waals surface area (Å²) in [6, 6.07) is 3.40. The Balaban J connectivity index is 1.18. The number of aromatic nitrogens is 6. The van der Waals surface area contributed by atoms with Gasteiger partial charge >= 0.3 is 12.4 Å². The summed E-state index contributed by atoms with van der Waals surface area (Å²) in [5.74, 6) is -1.16. The van der Waals surface area contributed by atoms with Gasteiger partial charge in [0, 0.05) is 25.2 Å². The van der Waals surface area contributed by atoms with Gasteiger partial charge in [-0.1, -0.05) is 22.7 Å². The van der Waals surface area contributed by atoms with Crippen LogP contribution in [0.25, 0.3) is 0 Å². The van der Waals surface area contributed by atoms with Crippen molar-refractivity contribution in [2.45, 2.75) is 51.1 Å². The number of carbonyl (C=O) groups excluding carboxylic acids is 2. The molecule has 0 spiro atoms. The summed E-state index contributed by atoms with van der Waals surface area (Å²) in [5, 5.41) is 21.9. The van der Waals surface area contributed by atoms with E-state index in [-0.39, 0.29) is 34.5 Å². The minimum atomic E-state index is -4.51. The molecule has 0 aliphatic heterocycles. The predicted octanol–water partition coefficient (Wildman–Crippen LogP) is 4.64. The van der Waals surface area contributed by atoms with Crippen molar-refractivity contribution in [2.24, 2.45) is 0 Å². The number of hydrogen-bond acceptors (Lipinski definition) is 10. The third-order valence-electron chi connectivity index (χ3n) is 5.50. The van der Waals surface area contributed by atoms with Gasteiger partial charge in [-0.05, 0) is 37.1 Å². The Labute approximate surface area is 241 Å². The molecular formula is C24H20F6N8O2S2. The van der Waals surface area contributed by atoms with Gasteiger partial charge in [-0.3, -0.25) is 19.6 Å². The lowest BCUT2D eigenvalue weighted by Gasteiger charge is -2.08. The van der Waals surface area contributed by atoms with Crippen LogP contribution in [-0.4, -0.2) is 42.2 Å². The second-order valence-electron chi connectivity index (χ2n) is 8.64. The van der Waals surface area contributed by atoms with Gasteiger partial charge in [-0.15, -0.1) is 20.4 Å². The lowest BCUT2D eigenvalue weighted by Crippen LogP contribution is -2.23. The molecule has 0 aliphatic rings. The van der Waals surface area contributed by atoms with Gasteiger partial charge in [0.1, 0.15) is 10.0 Å². The Morgan fingerprint density at radius 2 is 1.07 bits per heavy atom. The number of unbranched alkanes of at least 4 members (excludes halogenated alkanes) is 1. The van der Waals surface area contributed by atoms with Crippen molar-refractivity contribution in [3.05, 3.63) is 79.2 Å². The lowest BCUT2D eigenvalue weighted by atomic mass is 10.2. The lowest BCUT2D eigenvalue weighted by molar-refractivity contribution is -0.138. The molecule has 0 fully saturated rings. The van der Waals surface area contributed by atoms with E-state index in [0.717, 1.165) is 59.3 Å². The normalized spacial score (nSPS) is 11.9. The third-order valence-corrected chi connectivity index (χ3v) is 7.46. The first-order valence-electron chi connectivity index (χ1n) is 12.1. The molecule has 0 saturated heterocycles. The maximum atomic E-state index is 12.8. The van der Waals surface area contributed by atoms with E-state index in [1.807, 2.05) is 0 Å². The van der Waals surface area contributed by atoms with E-state index < -0.39 is 35.3 Å².